The van der Waals surface area contributed by atoms with Gasteiger partial charge in [-0.1, -0.05) is 65.9 Å². The zero-order chi connectivity index (χ0) is 23.9. The van der Waals surface area contributed by atoms with Crippen LogP contribution in [0.15, 0.2) is 88.1 Å². The van der Waals surface area contributed by atoms with Gasteiger partial charge in [0, 0.05) is 29.5 Å². The Kier molecular flexibility index (Phi) is 5.00. The zero-order valence-corrected chi connectivity index (χ0v) is 18.7. The van der Waals surface area contributed by atoms with E-state index in [1.165, 1.54) is 4.68 Å². The monoisotopic (exact) mass is 463 g/mol. The summed E-state index contributed by atoms with van der Waals surface area (Å²) in [6.07, 6.45) is 0.217. The lowest BCUT2D eigenvalue weighted by Gasteiger charge is -2.28. The Labute approximate surface area is 200 Å². The van der Waals surface area contributed by atoms with Crippen molar-refractivity contribution in [1.29, 1.82) is 0 Å². The number of carbonyl (C=O) groups is 1. The highest BCUT2D eigenvalue weighted by Crippen LogP contribution is 2.41. The van der Waals surface area contributed by atoms with Gasteiger partial charge >= 0.3 is 5.63 Å². The normalized spacial score (nSPS) is 12.4. The van der Waals surface area contributed by atoms with E-state index in [0.717, 1.165) is 22.1 Å². The number of nitrogens with zero attached hydrogens (tertiary/aromatic N) is 4. The van der Waals surface area contributed by atoms with E-state index in [4.69, 9.17) is 10.2 Å². The summed E-state index contributed by atoms with van der Waals surface area (Å²) < 4.78 is 7.10. The van der Waals surface area contributed by atoms with Crippen molar-refractivity contribution in [2.24, 2.45) is 5.73 Å². The first kappa shape index (κ1) is 21.0. The summed E-state index contributed by atoms with van der Waals surface area (Å²) in [7, 11) is 0. The van der Waals surface area contributed by atoms with Gasteiger partial charge < -0.3 is 15.1 Å². The molecule has 2 aromatic heterocycles. The fraction of sp³-hybridized carbons (Fsp3) is 0.111. The van der Waals surface area contributed by atoms with E-state index in [1.54, 1.807) is 17.0 Å². The molecular weight excluding hydrogens is 442 g/mol. The predicted octanol–water partition coefficient (Wildman–Crippen LogP) is 3.90. The van der Waals surface area contributed by atoms with Crippen molar-refractivity contribution < 1.29 is 9.21 Å². The molecule has 1 aliphatic rings. The van der Waals surface area contributed by atoms with E-state index in [-0.39, 0.29) is 24.6 Å². The van der Waals surface area contributed by atoms with Crippen LogP contribution >= 0.6 is 0 Å². The molecule has 35 heavy (non-hydrogen) atoms. The van der Waals surface area contributed by atoms with Gasteiger partial charge in [-0.15, -0.1) is 5.10 Å². The maximum absolute atomic E-state index is 13.2. The molecule has 0 saturated carbocycles. The van der Waals surface area contributed by atoms with Crippen molar-refractivity contribution in [2.75, 3.05) is 11.4 Å². The molecule has 6 rings (SSSR count). The number of aromatic nitrogens is 3. The largest absolute Gasteiger partial charge is 0.421 e. The SMILES string of the molecule is NCCC(=O)N1Cc2ccccc2-c2nnn(-c3cc4ccccc4oc3=O)c2-c2ccccc21. The van der Waals surface area contributed by atoms with Crippen LogP contribution in [0.25, 0.3) is 39.2 Å². The first-order valence-corrected chi connectivity index (χ1v) is 11.3. The number of rotatable bonds is 3. The number of anilines is 1. The van der Waals surface area contributed by atoms with Gasteiger partial charge in [0.2, 0.25) is 5.91 Å². The lowest BCUT2D eigenvalue weighted by atomic mass is 9.95. The smallest absolute Gasteiger partial charge is 0.362 e. The van der Waals surface area contributed by atoms with E-state index >= 15 is 0 Å². The van der Waals surface area contributed by atoms with Crippen molar-refractivity contribution >= 4 is 22.6 Å². The van der Waals surface area contributed by atoms with Crippen LogP contribution in [-0.2, 0) is 11.3 Å². The Hall–Kier alpha value is -4.56. The minimum atomic E-state index is -0.528. The van der Waals surface area contributed by atoms with Crippen LogP contribution in [0.2, 0.25) is 0 Å². The lowest BCUT2D eigenvalue weighted by Crippen LogP contribution is -2.33. The second-order valence-corrected chi connectivity index (χ2v) is 8.35. The third kappa shape index (κ3) is 3.43. The molecule has 0 aliphatic carbocycles. The molecule has 0 saturated heterocycles. The van der Waals surface area contributed by atoms with Gasteiger partial charge in [-0.2, -0.15) is 0 Å². The number of nitrogens with two attached hydrogens (primary N) is 1. The molecule has 0 bridgehead atoms. The van der Waals surface area contributed by atoms with Crippen LogP contribution in [0.1, 0.15) is 12.0 Å². The van der Waals surface area contributed by atoms with Gasteiger partial charge in [-0.25, -0.2) is 9.48 Å². The van der Waals surface area contributed by atoms with Crippen LogP contribution in [0.3, 0.4) is 0 Å². The number of carbonyl (C=O) groups excluding carboxylic acids is 1. The summed E-state index contributed by atoms with van der Waals surface area (Å²) in [6, 6.07) is 24.4. The van der Waals surface area contributed by atoms with Crippen molar-refractivity contribution in [1.82, 2.24) is 15.0 Å². The van der Waals surface area contributed by atoms with E-state index in [1.807, 2.05) is 66.7 Å². The fourth-order valence-electron chi connectivity index (χ4n) is 4.61. The van der Waals surface area contributed by atoms with Crippen molar-refractivity contribution in [2.45, 2.75) is 13.0 Å². The van der Waals surface area contributed by atoms with Gasteiger partial charge in [0.1, 0.15) is 17.0 Å². The van der Waals surface area contributed by atoms with Crippen LogP contribution in [0.4, 0.5) is 5.69 Å². The minimum Gasteiger partial charge on any atom is -0.421 e. The van der Waals surface area contributed by atoms with Gasteiger partial charge in [0.15, 0.2) is 5.69 Å². The van der Waals surface area contributed by atoms with Crippen LogP contribution in [0, 0.1) is 0 Å². The Morgan fingerprint density at radius 3 is 2.54 bits per heavy atom. The molecule has 8 heteroatoms. The predicted molar refractivity (Wildman–Crippen MR) is 133 cm³/mol. The topological polar surface area (TPSA) is 107 Å². The third-order valence-electron chi connectivity index (χ3n) is 6.23. The number of hydrogen-bond donors (Lipinski definition) is 1. The fourth-order valence-corrected chi connectivity index (χ4v) is 4.61. The molecule has 0 fully saturated rings. The molecule has 1 amide bonds. The number of para-hydroxylation sites is 2. The second kappa shape index (κ2) is 8.34. The van der Waals surface area contributed by atoms with Crippen molar-refractivity contribution in [3.8, 4) is 28.2 Å². The van der Waals surface area contributed by atoms with E-state index < -0.39 is 5.63 Å². The molecule has 0 atom stereocenters. The van der Waals surface area contributed by atoms with Crippen molar-refractivity contribution in [3.63, 3.8) is 0 Å². The van der Waals surface area contributed by atoms with E-state index in [9.17, 15) is 9.59 Å². The highest BCUT2D eigenvalue weighted by atomic mass is 16.4. The maximum Gasteiger partial charge on any atom is 0.362 e. The van der Waals surface area contributed by atoms with Gasteiger partial charge in [-0.3, -0.25) is 4.79 Å². The number of benzene rings is 3. The average molecular weight is 463 g/mol. The van der Waals surface area contributed by atoms with Crippen LogP contribution < -0.4 is 16.3 Å². The van der Waals surface area contributed by atoms with Crippen molar-refractivity contribution in [3.05, 3.63) is 94.8 Å². The van der Waals surface area contributed by atoms with Gasteiger partial charge in [-0.05, 0) is 23.8 Å². The molecule has 3 aromatic carbocycles. The van der Waals surface area contributed by atoms with E-state index in [2.05, 4.69) is 10.3 Å². The molecular formula is C27H21N5O3. The standard InChI is InChI=1S/C27H21N5O3/c28-14-13-24(33)31-16-18-8-1-3-9-19(18)25-26(20-10-4-5-11-21(20)31)32(30-29-25)22-15-17-7-2-6-12-23(17)35-27(22)34/h1-12,15H,13-14,16,28H2. The minimum absolute atomic E-state index is 0.0811. The molecule has 0 spiro atoms. The Bertz CT molecular complexity index is 1650. The second-order valence-electron chi connectivity index (χ2n) is 8.35. The van der Waals surface area contributed by atoms with Crippen LogP contribution in [0.5, 0.6) is 0 Å². The summed E-state index contributed by atoms with van der Waals surface area (Å²) in [5, 5.41) is 9.69. The summed E-state index contributed by atoms with van der Waals surface area (Å²) in [5.74, 6) is -0.0811. The third-order valence-corrected chi connectivity index (χ3v) is 6.23. The molecule has 1 aliphatic heterocycles. The lowest BCUT2D eigenvalue weighted by molar-refractivity contribution is -0.118. The summed E-state index contributed by atoms with van der Waals surface area (Å²) in [6.45, 7) is 0.623. The number of hydrogen-bond acceptors (Lipinski definition) is 6. The molecule has 0 unspecified atom stereocenters. The number of amides is 1. The Balaban J connectivity index is 1.68. The average Bonchev–Trinajstić information content (AvgIpc) is 3.30. The zero-order valence-electron chi connectivity index (χ0n) is 18.7. The molecule has 0 radical (unpaired) electrons. The number of fused-ring (bicyclic) bond motifs is 6. The molecule has 2 N–H and O–H groups in total. The quantitative estimate of drug-likeness (QED) is 0.407. The Morgan fingerprint density at radius 1 is 0.943 bits per heavy atom. The van der Waals surface area contributed by atoms with E-state index in [0.29, 0.717) is 29.2 Å². The van der Waals surface area contributed by atoms with Gasteiger partial charge in [0.05, 0.1) is 12.2 Å². The van der Waals surface area contributed by atoms with Gasteiger partial charge in [0.25, 0.3) is 0 Å². The highest BCUT2D eigenvalue weighted by molar-refractivity contribution is 6.00. The Morgan fingerprint density at radius 2 is 1.69 bits per heavy atom. The summed E-state index contributed by atoms with van der Waals surface area (Å²) in [4.78, 5) is 28.0. The van der Waals surface area contributed by atoms with Crippen LogP contribution in [-0.4, -0.2) is 27.4 Å². The molecule has 172 valence electrons. The summed E-state index contributed by atoms with van der Waals surface area (Å²) >= 11 is 0. The molecule has 3 heterocycles. The molecule has 8 nitrogen and oxygen atoms in total. The first-order valence-electron chi connectivity index (χ1n) is 11.3. The summed E-state index contributed by atoms with van der Waals surface area (Å²) in [5.41, 5.74) is 10.4. The molecule has 5 aromatic rings. The highest BCUT2D eigenvalue weighted by Gasteiger charge is 2.30. The maximum atomic E-state index is 13.2. The first-order chi connectivity index (χ1) is 17.2.